The molecule has 0 spiro atoms. The molecule has 0 saturated carbocycles. The smallest absolute Gasteiger partial charge is 0.419 e. The first kappa shape index (κ1) is 18.8. The second-order valence-corrected chi connectivity index (χ2v) is 6.43. The molecule has 3 aromatic rings. The van der Waals surface area contributed by atoms with Gasteiger partial charge in [-0.2, -0.15) is 8.78 Å². The van der Waals surface area contributed by atoms with Gasteiger partial charge in [0.15, 0.2) is 0 Å². The van der Waals surface area contributed by atoms with Crippen LogP contribution in [0.2, 0.25) is 0 Å². The molecule has 0 amide bonds. The van der Waals surface area contributed by atoms with Crippen LogP contribution in [0.4, 0.5) is 14.5 Å². The second kappa shape index (κ2) is 8.60. The molecule has 0 unspecified atom stereocenters. The van der Waals surface area contributed by atoms with E-state index in [1.165, 1.54) is 6.21 Å². The molecule has 0 radical (unpaired) electrons. The molecule has 0 N–H and O–H groups in total. The Morgan fingerprint density at radius 1 is 0.926 bits per heavy atom. The summed E-state index contributed by atoms with van der Waals surface area (Å²) >= 11 is 3.28. The minimum absolute atomic E-state index is 0.190. The highest BCUT2D eigenvalue weighted by Gasteiger charge is 2.16. The van der Waals surface area contributed by atoms with Gasteiger partial charge in [0.1, 0.15) is 11.4 Å². The van der Waals surface area contributed by atoms with Crippen molar-refractivity contribution in [2.75, 3.05) is 0 Å². The molecule has 27 heavy (non-hydrogen) atoms. The Bertz CT molecular complexity index is 957. The number of hydrogen-bond donors (Lipinski definition) is 0. The average Bonchev–Trinajstić information content (AvgIpc) is 2.68. The second-order valence-electron chi connectivity index (χ2n) is 5.51. The molecule has 6 heteroatoms. The molecule has 0 aliphatic rings. The number of para-hydroxylation sites is 1. The molecular weight excluding hydrogens is 416 g/mol. The third-order valence-electron chi connectivity index (χ3n) is 3.69. The van der Waals surface area contributed by atoms with Crippen LogP contribution in [-0.2, 0) is 0 Å². The van der Waals surface area contributed by atoms with Gasteiger partial charge in [0.05, 0.1) is 11.8 Å². The molecule has 0 heterocycles. The molecule has 3 rings (SSSR count). The topological polar surface area (TPSA) is 29.3 Å². The molecule has 0 fully saturated rings. The van der Waals surface area contributed by atoms with E-state index in [0.717, 1.165) is 9.05 Å². The first-order chi connectivity index (χ1) is 13.0. The molecule has 0 atom stereocenters. The minimum atomic E-state index is -1.90. The van der Waals surface area contributed by atoms with Crippen LogP contribution in [0.15, 0.2) is 83.3 Å². The summed E-state index contributed by atoms with van der Waals surface area (Å²) in [6, 6.07) is 21.4. The molecule has 3 aromatic carbocycles. The van der Waals surface area contributed by atoms with Gasteiger partial charge in [0.25, 0.3) is 0 Å². The summed E-state index contributed by atoms with van der Waals surface area (Å²) in [5.74, 6) is -0.369. The Balaban J connectivity index is 1.95. The normalized spacial score (nSPS) is 11.1. The first-order valence-corrected chi connectivity index (χ1v) is 8.78. The van der Waals surface area contributed by atoms with Gasteiger partial charge in [0.2, 0.25) is 0 Å². The van der Waals surface area contributed by atoms with Crippen molar-refractivity contribution in [3.63, 3.8) is 0 Å². The number of rotatable bonds is 5. The SMILES string of the molecule is O=C(Oc1ccccc1/C=[N+](/c1ccc(Br)cc1)[C-](F)F)c1ccccc1. The Morgan fingerprint density at radius 2 is 1.56 bits per heavy atom. The molecule has 0 aromatic heterocycles. The van der Waals surface area contributed by atoms with Crippen LogP contribution in [0.3, 0.4) is 0 Å². The van der Waals surface area contributed by atoms with Crippen molar-refractivity contribution in [3.8, 4) is 5.75 Å². The highest BCUT2D eigenvalue weighted by Crippen LogP contribution is 2.25. The van der Waals surface area contributed by atoms with Crippen LogP contribution in [0.1, 0.15) is 15.9 Å². The van der Waals surface area contributed by atoms with Crippen molar-refractivity contribution >= 4 is 33.8 Å². The monoisotopic (exact) mass is 429 g/mol. The first-order valence-electron chi connectivity index (χ1n) is 7.98. The van der Waals surface area contributed by atoms with Crippen LogP contribution in [0.5, 0.6) is 5.75 Å². The molecule has 0 saturated heterocycles. The lowest BCUT2D eigenvalue weighted by Gasteiger charge is -2.12. The summed E-state index contributed by atoms with van der Waals surface area (Å²) in [5, 5.41) is 0. The van der Waals surface area contributed by atoms with E-state index < -0.39 is 12.5 Å². The summed E-state index contributed by atoms with van der Waals surface area (Å²) in [4.78, 5) is 12.3. The third kappa shape index (κ3) is 4.80. The lowest BCUT2D eigenvalue weighted by Crippen LogP contribution is -2.12. The molecule has 3 nitrogen and oxygen atoms in total. The molecule has 0 aliphatic heterocycles. The fourth-order valence-corrected chi connectivity index (χ4v) is 2.64. The summed E-state index contributed by atoms with van der Waals surface area (Å²) < 4.78 is 34.0. The van der Waals surface area contributed by atoms with Gasteiger partial charge in [-0.05, 0) is 30.3 Å². The Kier molecular flexibility index (Phi) is 5.98. The summed E-state index contributed by atoms with van der Waals surface area (Å²) in [6.45, 7) is -1.90. The van der Waals surface area contributed by atoms with E-state index in [-0.39, 0.29) is 11.4 Å². The number of benzene rings is 3. The summed E-state index contributed by atoms with van der Waals surface area (Å²) in [5.41, 5.74) is 1.00. The van der Waals surface area contributed by atoms with E-state index in [1.54, 1.807) is 78.9 Å². The zero-order chi connectivity index (χ0) is 19.2. The predicted octanol–water partition coefficient (Wildman–Crippen LogP) is 5.82. The lowest BCUT2D eigenvalue weighted by molar-refractivity contribution is -0.480. The van der Waals surface area contributed by atoms with Crippen molar-refractivity contribution in [2.24, 2.45) is 0 Å². The minimum Gasteiger partial charge on any atom is -0.423 e. The highest BCUT2D eigenvalue weighted by molar-refractivity contribution is 9.10. The van der Waals surface area contributed by atoms with E-state index in [0.29, 0.717) is 11.1 Å². The lowest BCUT2D eigenvalue weighted by atomic mass is 10.2. The number of ether oxygens (including phenoxy) is 1. The van der Waals surface area contributed by atoms with Crippen molar-refractivity contribution < 1.29 is 22.9 Å². The zero-order valence-corrected chi connectivity index (χ0v) is 15.6. The van der Waals surface area contributed by atoms with E-state index in [2.05, 4.69) is 15.9 Å². The Morgan fingerprint density at radius 3 is 2.22 bits per heavy atom. The molecular formula is C21H14BrF2NO2. The zero-order valence-electron chi connectivity index (χ0n) is 14.0. The van der Waals surface area contributed by atoms with Gasteiger partial charge >= 0.3 is 12.5 Å². The maximum Gasteiger partial charge on any atom is 0.419 e. The Labute approximate surface area is 163 Å². The average molecular weight is 430 g/mol. The van der Waals surface area contributed by atoms with E-state index >= 15 is 0 Å². The number of carbonyl (C=O) groups excluding carboxylic acids is 1. The van der Waals surface area contributed by atoms with Gasteiger partial charge < -0.3 is 4.74 Å². The number of esters is 1. The number of carbonyl (C=O) groups is 1. The fourth-order valence-electron chi connectivity index (χ4n) is 2.37. The largest absolute Gasteiger partial charge is 0.423 e. The van der Waals surface area contributed by atoms with Gasteiger partial charge in [-0.25, -0.2) is 4.79 Å². The quantitative estimate of drug-likeness (QED) is 0.128. The summed E-state index contributed by atoms with van der Waals surface area (Å²) in [6.07, 6.45) is 1.23. The molecule has 0 bridgehead atoms. The fraction of sp³-hybridized carbons (Fsp3) is 0. The molecule has 136 valence electrons. The van der Waals surface area contributed by atoms with Crippen LogP contribution in [0, 0.1) is 6.55 Å². The van der Waals surface area contributed by atoms with Gasteiger partial charge in [-0.3, -0.25) is 4.58 Å². The van der Waals surface area contributed by atoms with Gasteiger partial charge in [-0.15, -0.1) is 0 Å². The van der Waals surface area contributed by atoms with Crippen molar-refractivity contribution in [1.29, 1.82) is 0 Å². The standard InChI is InChI=1S/C21H14BrF2NO2/c22-17-10-12-18(13-11-17)25(21(23)24)14-16-8-4-5-9-19(16)27-20(26)15-6-2-1-3-7-15/h1-14H. The van der Waals surface area contributed by atoms with E-state index in [9.17, 15) is 13.6 Å². The van der Waals surface area contributed by atoms with E-state index in [1.807, 2.05) is 0 Å². The van der Waals surface area contributed by atoms with Crippen molar-refractivity contribution in [3.05, 3.63) is 101 Å². The predicted molar refractivity (Wildman–Crippen MR) is 103 cm³/mol. The van der Waals surface area contributed by atoms with Gasteiger partial charge in [0, 0.05) is 10.0 Å². The maximum atomic E-state index is 13.5. The highest BCUT2D eigenvalue weighted by atomic mass is 79.9. The Hall–Kier alpha value is -2.99. The number of hydrogen-bond acceptors (Lipinski definition) is 2. The van der Waals surface area contributed by atoms with Crippen LogP contribution >= 0.6 is 15.9 Å². The van der Waals surface area contributed by atoms with E-state index in [4.69, 9.17) is 4.74 Å². The van der Waals surface area contributed by atoms with Crippen LogP contribution in [0.25, 0.3) is 0 Å². The van der Waals surface area contributed by atoms with Crippen molar-refractivity contribution in [1.82, 2.24) is 0 Å². The van der Waals surface area contributed by atoms with Crippen molar-refractivity contribution in [2.45, 2.75) is 0 Å². The van der Waals surface area contributed by atoms with Crippen LogP contribution in [-0.4, -0.2) is 16.8 Å². The summed E-state index contributed by atoms with van der Waals surface area (Å²) in [7, 11) is 0. The molecule has 0 aliphatic carbocycles. The maximum absolute atomic E-state index is 13.5. The number of halogens is 3. The van der Waals surface area contributed by atoms with Crippen LogP contribution < -0.4 is 4.74 Å². The number of nitrogens with zero attached hydrogens (tertiary/aromatic N) is 1. The van der Waals surface area contributed by atoms with Gasteiger partial charge in [-0.1, -0.05) is 64.5 Å². The third-order valence-corrected chi connectivity index (χ3v) is 4.21.